The maximum Gasteiger partial charge on any atom is 0.306 e. The van der Waals surface area contributed by atoms with Crippen molar-refractivity contribution in [1.29, 1.82) is 0 Å². The van der Waals surface area contributed by atoms with E-state index in [1.54, 1.807) is 0 Å². The minimum Gasteiger partial charge on any atom is -0.481 e. The van der Waals surface area contributed by atoms with Crippen molar-refractivity contribution in [2.24, 2.45) is 34.5 Å². The lowest BCUT2D eigenvalue weighted by molar-refractivity contribution is -0.164. The Bertz CT molecular complexity index is 601. The zero-order chi connectivity index (χ0) is 19.2. The number of carboxylic acid groups (broad SMARTS) is 1. The predicted molar refractivity (Wildman–Crippen MR) is 103 cm³/mol. The van der Waals surface area contributed by atoms with Crippen LogP contribution in [0.25, 0.3) is 0 Å². The van der Waals surface area contributed by atoms with Gasteiger partial charge in [0.05, 0.1) is 12.8 Å². The fraction of sp³-hybridized carbons (Fsp3) is 0.913. The Balaban J connectivity index is 1.46. The SMILES string of the molecule is C[C@]12CCCC[C@@H]1CC[C@@H]1[C@H]2CC[C@]2(C)[C@@H](OC(=O)CCC(=O)O)CC[C@@H]12. The minimum absolute atomic E-state index is 0.00160. The molecule has 27 heavy (non-hydrogen) atoms. The third kappa shape index (κ3) is 3.21. The lowest BCUT2D eigenvalue weighted by Crippen LogP contribution is -2.53. The van der Waals surface area contributed by atoms with Crippen LogP contribution in [0.3, 0.4) is 0 Å². The molecule has 4 aliphatic rings. The summed E-state index contributed by atoms with van der Waals surface area (Å²) in [5.74, 6) is 2.01. The molecule has 1 N–H and O–H groups in total. The molecule has 0 unspecified atom stereocenters. The summed E-state index contributed by atoms with van der Waals surface area (Å²) in [5.41, 5.74) is 0.636. The molecule has 4 saturated carbocycles. The zero-order valence-corrected chi connectivity index (χ0v) is 17.0. The molecule has 0 spiro atoms. The highest BCUT2D eigenvalue weighted by atomic mass is 16.5. The van der Waals surface area contributed by atoms with E-state index in [1.807, 2.05) is 0 Å². The van der Waals surface area contributed by atoms with Crippen LogP contribution in [0.4, 0.5) is 0 Å². The topological polar surface area (TPSA) is 63.6 Å². The largest absolute Gasteiger partial charge is 0.481 e. The standard InChI is InChI=1S/C23H36O4/c1-22-13-4-3-5-15(22)6-7-16-17-8-9-19(23(17,2)14-12-18(16)22)27-21(26)11-10-20(24)25/h15-19H,3-14H2,1-2H3,(H,24,25)/t15-,16+,17+,18-,19+,22+,23+/m1/s1. The number of carbonyl (C=O) groups is 2. The normalized spacial score (nSPS) is 46.1. The van der Waals surface area contributed by atoms with Crippen molar-refractivity contribution in [2.75, 3.05) is 0 Å². The first-order chi connectivity index (χ1) is 12.8. The molecule has 0 saturated heterocycles. The van der Waals surface area contributed by atoms with E-state index in [2.05, 4.69) is 13.8 Å². The monoisotopic (exact) mass is 376 g/mol. The number of aliphatic carboxylic acids is 1. The summed E-state index contributed by atoms with van der Waals surface area (Å²) in [7, 11) is 0. The first-order valence-electron chi connectivity index (χ1n) is 11.3. The summed E-state index contributed by atoms with van der Waals surface area (Å²) in [6.07, 6.45) is 12.9. The molecule has 0 aliphatic heterocycles. The van der Waals surface area contributed by atoms with E-state index >= 15 is 0 Å². The lowest BCUT2D eigenvalue weighted by atomic mass is 9.45. The van der Waals surface area contributed by atoms with E-state index in [4.69, 9.17) is 9.84 Å². The van der Waals surface area contributed by atoms with E-state index in [-0.39, 0.29) is 30.3 Å². The van der Waals surface area contributed by atoms with Crippen molar-refractivity contribution in [3.8, 4) is 0 Å². The summed E-state index contributed by atoms with van der Waals surface area (Å²) >= 11 is 0. The van der Waals surface area contributed by atoms with Gasteiger partial charge in [-0.15, -0.1) is 0 Å². The van der Waals surface area contributed by atoms with Gasteiger partial charge in [0.2, 0.25) is 0 Å². The molecule has 7 atom stereocenters. The second-order valence-electron chi connectivity index (χ2n) is 10.4. The number of esters is 1. The van der Waals surface area contributed by atoms with Gasteiger partial charge in [-0.1, -0.05) is 26.7 Å². The van der Waals surface area contributed by atoms with Gasteiger partial charge in [0.15, 0.2) is 0 Å². The van der Waals surface area contributed by atoms with Crippen molar-refractivity contribution in [1.82, 2.24) is 0 Å². The number of rotatable bonds is 4. The van der Waals surface area contributed by atoms with Crippen LogP contribution in [-0.4, -0.2) is 23.1 Å². The summed E-state index contributed by atoms with van der Waals surface area (Å²) in [6, 6.07) is 0. The van der Waals surface area contributed by atoms with Gasteiger partial charge in [-0.05, 0) is 80.5 Å². The molecule has 4 fully saturated rings. The van der Waals surface area contributed by atoms with Crippen molar-refractivity contribution < 1.29 is 19.4 Å². The Kier molecular flexibility index (Phi) is 5.05. The second-order valence-corrected chi connectivity index (χ2v) is 10.4. The molecular formula is C23H36O4. The highest BCUT2D eigenvalue weighted by Gasteiger charge is 2.60. The molecule has 4 nitrogen and oxygen atoms in total. The van der Waals surface area contributed by atoms with Gasteiger partial charge in [-0.2, -0.15) is 0 Å². The van der Waals surface area contributed by atoms with Crippen LogP contribution in [0.2, 0.25) is 0 Å². The van der Waals surface area contributed by atoms with Crippen molar-refractivity contribution in [2.45, 2.75) is 97.0 Å². The van der Waals surface area contributed by atoms with Gasteiger partial charge in [0, 0.05) is 5.41 Å². The van der Waals surface area contributed by atoms with E-state index in [9.17, 15) is 9.59 Å². The zero-order valence-electron chi connectivity index (χ0n) is 17.0. The Morgan fingerprint density at radius 1 is 0.889 bits per heavy atom. The molecule has 0 aromatic rings. The molecule has 0 radical (unpaired) electrons. The van der Waals surface area contributed by atoms with E-state index in [1.165, 1.54) is 51.4 Å². The Morgan fingerprint density at radius 3 is 2.44 bits per heavy atom. The number of fused-ring (bicyclic) bond motifs is 5. The fourth-order valence-electron chi connectivity index (χ4n) is 7.87. The maximum atomic E-state index is 12.2. The summed E-state index contributed by atoms with van der Waals surface area (Å²) < 4.78 is 5.84. The maximum absolute atomic E-state index is 12.2. The quantitative estimate of drug-likeness (QED) is 0.685. The number of hydrogen-bond acceptors (Lipinski definition) is 3. The molecule has 152 valence electrons. The Hall–Kier alpha value is -1.06. The predicted octanol–water partition coefficient (Wildman–Crippen LogP) is 5.20. The highest BCUT2D eigenvalue weighted by Crippen LogP contribution is 2.66. The molecule has 0 amide bonds. The molecule has 0 aromatic carbocycles. The van der Waals surface area contributed by atoms with Crippen LogP contribution in [0.1, 0.15) is 90.9 Å². The van der Waals surface area contributed by atoms with Crippen molar-refractivity contribution in [3.63, 3.8) is 0 Å². The van der Waals surface area contributed by atoms with E-state index < -0.39 is 5.97 Å². The third-order valence-electron chi connectivity index (χ3n) is 9.31. The van der Waals surface area contributed by atoms with Crippen LogP contribution in [0, 0.1) is 34.5 Å². The third-order valence-corrected chi connectivity index (χ3v) is 9.31. The molecule has 4 rings (SSSR count). The molecular weight excluding hydrogens is 340 g/mol. The lowest BCUT2D eigenvalue weighted by Gasteiger charge is -2.60. The number of hydrogen-bond donors (Lipinski definition) is 1. The highest BCUT2D eigenvalue weighted by molar-refractivity contribution is 5.76. The number of carboxylic acids is 1. The van der Waals surface area contributed by atoms with Gasteiger partial charge in [-0.3, -0.25) is 9.59 Å². The number of ether oxygens (including phenoxy) is 1. The van der Waals surface area contributed by atoms with Gasteiger partial charge in [0.1, 0.15) is 6.10 Å². The Morgan fingerprint density at radius 2 is 1.67 bits per heavy atom. The van der Waals surface area contributed by atoms with Crippen LogP contribution >= 0.6 is 0 Å². The van der Waals surface area contributed by atoms with Gasteiger partial charge in [-0.25, -0.2) is 0 Å². The van der Waals surface area contributed by atoms with Gasteiger partial charge in [0.25, 0.3) is 0 Å². The van der Waals surface area contributed by atoms with Crippen LogP contribution in [0.15, 0.2) is 0 Å². The summed E-state index contributed by atoms with van der Waals surface area (Å²) in [4.78, 5) is 22.9. The van der Waals surface area contributed by atoms with Crippen LogP contribution in [0.5, 0.6) is 0 Å². The van der Waals surface area contributed by atoms with E-state index in [0.717, 1.165) is 30.6 Å². The van der Waals surface area contributed by atoms with Gasteiger partial charge >= 0.3 is 11.9 Å². The number of carbonyl (C=O) groups excluding carboxylic acids is 1. The van der Waals surface area contributed by atoms with Crippen LogP contribution < -0.4 is 0 Å². The molecule has 0 aromatic heterocycles. The molecule has 4 aliphatic carbocycles. The first kappa shape index (κ1) is 19.3. The molecule has 0 bridgehead atoms. The fourth-order valence-corrected chi connectivity index (χ4v) is 7.87. The average molecular weight is 377 g/mol. The first-order valence-corrected chi connectivity index (χ1v) is 11.3. The van der Waals surface area contributed by atoms with Crippen molar-refractivity contribution >= 4 is 11.9 Å². The summed E-state index contributed by atoms with van der Waals surface area (Å²) in [6.45, 7) is 4.94. The van der Waals surface area contributed by atoms with Gasteiger partial charge < -0.3 is 9.84 Å². The second kappa shape index (κ2) is 7.08. The average Bonchev–Trinajstić information content (AvgIpc) is 2.96. The minimum atomic E-state index is -0.930. The molecule has 4 heteroatoms. The van der Waals surface area contributed by atoms with E-state index in [0.29, 0.717) is 11.3 Å². The van der Waals surface area contributed by atoms with Crippen molar-refractivity contribution in [3.05, 3.63) is 0 Å². The summed E-state index contributed by atoms with van der Waals surface area (Å²) in [5, 5.41) is 8.80. The van der Waals surface area contributed by atoms with Crippen LogP contribution in [-0.2, 0) is 14.3 Å². The Labute approximate surface area is 163 Å². The smallest absolute Gasteiger partial charge is 0.306 e. The molecule has 0 heterocycles.